The van der Waals surface area contributed by atoms with E-state index in [9.17, 15) is 13.2 Å². The fourth-order valence-corrected chi connectivity index (χ4v) is 4.06. The molecule has 1 rings (SSSR count). The van der Waals surface area contributed by atoms with E-state index in [2.05, 4.69) is 0 Å². The second-order valence-corrected chi connectivity index (χ2v) is 7.25. The summed E-state index contributed by atoms with van der Waals surface area (Å²) in [4.78, 5) is 11.1. The van der Waals surface area contributed by atoms with Gasteiger partial charge in [0.25, 0.3) is 10.0 Å². The van der Waals surface area contributed by atoms with Gasteiger partial charge in [-0.25, -0.2) is 8.42 Å². The van der Waals surface area contributed by atoms with Crippen LogP contribution in [-0.2, 0) is 26.0 Å². The Morgan fingerprint density at radius 1 is 1.47 bits per heavy atom. The molecule has 0 aromatic carbocycles. The highest BCUT2D eigenvalue weighted by Crippen LogP contribution is 2.24. The number of nitrogens with zero attached hydrogens (tertiary/aromatic N) is 1. The van der Waals surface area contributed by atoms with Crippen molar-refractivity contribution in [2.75, 3.05) is 26.8 Å². The molecule has 0 aliphatic rings. The van der Waals surface area contributed by atoms with Crippen LogP contribution in [0, 0.1) is 0 Å². The van der Waals surface area contributed by atoms with Gasteiger partial charge in [0, 0.05) is 25.1 Å². The molecular weight excluding hydrogens is 290 g/mol. The van der Waals surface area contributed by atoms with Crippen molar-refractivity contribution in [3.05, 3.63) is 17.0 Å². The quantitative estimate of drug-likeness (QED) is 0.725. The van der Waals surface area contributed by atoms with E-state index in [1.165, 1.54) is 23.5 Å². The molecule has 0 aliphatic carbocycles. The lowest BCUT2D eigenvalue weighted by atomic mass is 10.3. The van der Waals surface area contributed by atoms with Crippen LogP contribution < -0.4 is 0 Å². The third-order valence-electron chi connectivity index (χ3n) is 2.38. The van der Waals surface area contributed by atoms with Crippen molar-refractivity contribution < 1.29 is 23.1 Å². The molecule has 0 fully saturated rings. The zero-order valence-corrected chi connectivity index (χ0v) is 12.5. The Kier molecular flexibility index (Phi) is 5.92. The minimum Gasteiger partial charge on any atom is -0.481 e. The maximum absolute atomic E-state index is 12.2. The first-order valence-corrected chi connectivity index (χ1v) is 7.98. The highest BCUT2D eigenvalue weighted by Gasteiger charge is 2.22. The average Bonchev–Trinajstić information content (AvgIpc) is 2.77. The number of thiophene rings is 1. The molecule has 0 spiro atoms. The van der Waals surface area contributed by atoms with Crippen molar-refractivity contribution >= 4 is 27.3 Å². The summed E-state index contributed by atoms with van der Waals surface area (Å²) < 4.78 is 30.8. The highest BCUT2D eigenvalue weighted by molar-refractivity contribution is 7.91. The van der Waals surface area contributed by atoms with Crippen molar-refractivity contribution in [1.29, 1.82) is 0 Å². The van der Waals surface area contributed by atoms with Crippen molar-refractivity contribution in [1.82, 2.24) is 4.31 Å². The molecule has 1 aromatic heterocycles. The van der Waals surface area contributed by atoms with Crippen LogP contribution >= 0.6 is 11.3 Å². The molecule has 8 heteroatoms. The van der Waals surface area contributed by atoms with Gasteiger partial charge < -0.3 is 9.84 Å². The summed E-state index contributed by atoms with van der Waals surface area (Å²) in [5, 5.41) is 8.66. The molecule has 0 bridgehead atoms. The Balaban J connectivity index is 2.76. The number of carboxylic acid groups (broad SMARTS) is 1. The van der Waals surface area contributed by atoms with E-state index in [0.29, 0.717) is 18.1 Å². The van der Waals surface area contributed by atoms with Crippen LogP contribution in [0.3, 0.4) is 0 Å². The van der Waals surface area contributed by atoms with E-state index in [-0.39, 0.29) is 17.2 Å². The van der Waals surface area contributed by atoms with E-state index in [4.69, 9.17) is 9.84 Å². The van der Waals surface area contributed by atoms with Crippen LogP contribution in [0.5, 0.6) is 0 Å². The van der Waals surface area contributed by atoms with Gasteiger partial charge in [-0.15, -0.1) is 11.3 Å². The zero-order valence-electron chi connectivity index (χ0n) is 10.8. The first kappa shape index (κ1) is 16.1. The fourth-order valence-electron chi connectivity index (χ4n) is 1.35. The number of hydrogen-bond donors (Lipinski definition) is 1. The van der Waals surface area contributed by atoms with Gasteiger partial charge >= 0.3 is 5.97 Å². The molecule has 0 saturated heterocycles. The predicted octanol–water partition coefficient (Wildman–Crippen LogP) is 1.03. The Morgan fingerprint density at radius 3 is 2.74 bits per heavy atom. The average molecular weight is 307 g/mol. The number of hydrogen-bond acceptors (Lipinski definition) is 5. The fraction of sp³-hybridized carbons (Fsp3) is 0.545. The molecule has 1 aromatic rings. The van der Waals surface area contributed by atoms with Gasteiger partial charge in [0.1, 0.15) is 4.21 Å². The van der Waals surface area contributed by atoms with Gasteiger partial charge in [-0.1, -0.05) is 0 Å². The van der Waals surface area contributed by atoms with Gasteiger partial charge in [0.2, 0.25) is 0 Å². The predicted molar refractivity (Wildman–Crippen MR) is 72.0 cm³/mol. The molecule has 108 valence electrons. The number of rotatable bonds is 8. The smallest absolute Gasteiger partial charge is 0.308 e. The number of likely N-dealkylation sites (N-methyl/N-ethyl adjacent to an activating group) is 1. The Morgan fingerprint density at radius 2 is 2.16 bits per heavy atom. The molecular formula is C11H17NO5S2. The summed E-state index contributed by atoms with van der Waals surface area (Å²) in [6.07, 6.45) is -0.164. The van der Waals surface area contributed by atoms with Crippen LogP contribution in [0.15, 0.2) is 16.3 Å². The normalized spacial score (nSPS) is 11.9. The lowest BCUT2D eigenvalue weighted by Crippen LogP contribution is -2.29. The van der Waals surface area contributed by atoms with E-state index >= 15 is 0 Å². The Bertz CT molecular complexity index is 523. The lowest BCUT2D eigenvalue weighted by molar-refractivity contribution is -0.136. The number of ether oxygens (including phenoxy) is 1. The van der Waals surface area contributed by atoms with Gasteiger partial charge in [0.05, 0.1) is 13.0 Å². The Labute approximate surface area is 116 Å². The molecule has 1 heterocycles. The van der Waals surface area contributed by atoms with Crippen LogP contribution in [0.25, 0.3) is 0 Å². The molecule has 0 unspecified atom stereocenters. The first-order chi connectivity index (χ1) is 8.87. The van der Waals surface area contributed by atoms with Crippen LogP contribution in [-0.4, -0.2) is 50.6 Å². The zero-order chi connectivity index (χ0) is 14.5. The summed E-state index contributed by atoms with van der Waals surface area (Å²) >= 11 is 0.984. The monoisotopic (exact) mass is 307 g/mol. The Hall–Kier alpha value is -0.960. The second kappa shape index (κ2) is 6.99. The second-order valence-electron chi connectivity index (χ2n) is 3.81. The number of aliphatic carboxylic acids is 1. The molecule has 0 aliphatic heterocycles. The van der Waals surface area contributed by atoms with E-state index in [0.717, 1.165) is 11.3 Å². The third-order valence-corrected chi connectivity index (χ3v) is 5.79. The molecule has 0 atom stereocenters. The maximum atomic E-state index is 12.2. The lowest BCUT2D eigenvalue weighted by Gasteiger charge is -2.15. The number of carboxylic acids is 1. The molecule has 0 amide bonds. The number of carbonyl (C=O) groups is 1. The van der Waals surface area contributed by atoms with E-state index in [1.54, 1.807) is 0 Å². The third kappa shape index (κ3) is 4.57. The summed E-state index contributed by atoms with van der Waals surface area (Å²) in [5.41, 5.74) is 0. The highest BCUT2D eigenvalue weighted by atomic mass is 32.2. The first-order valence-electron chi connectivity index (χ1n) is 5.72. The minimum atomic E-state index is -3.56. The summed E-state index contributed by atoms with van der Waals surface area (Å²) in [5.74, 6) is -0.976. The van der Waals surface area contributed by atoms with Gasteiger partial charge in [-0.05, 0) is 19.1 Å². The van der Waals surface area contributed by atoms with Crippen LogP contribution in [0.1, 0.15) is 11.8 Å². The summed E-state index contributed by atoms with van der Waals surface area (Å²) in [6.45, 7) is 2.98. The topological polar surface area (TPSA) is 83.9 Å². The maximum Gasteiger partial charge on any atom is 0.308 e. The van der Waals surface area contributed by atoms with Crippen molar-refractivity contribution in [3.8, 4) is 0 Å². The van der Waals surface area contributed by atoms with E-state index < -0.39 is 16.0 Å². The summed E-state index contributed by atoms with van der Waals surface area (Å²) in [6, 6.07) is 2.97. The molecule has 1 N–H and O–H groups in total. The van der Waals surface area contributed by atoms with Crippen LogP contribution in [0.2, 0.25) is 0 Å². The van der Waals surface area contributed by atoms with Gasteiger partial charge in [-0.3, -0.25) is 4.79 Å². The SMILES string of the molecule is CCOCCN(C)S(=O)(=O)c1ccc(CC(=O)O)s1. The van der Waals surface area contributed by atoms with Gasteiger partial charge in [0.15, 0.2) is 0 Å². The molecule has 0 radical (unpaired) electrons. The number of sulfonamides is 1. The largest absolute Gasteiger partial charge is 0.481 e. The van der Waals surface area contributed by atoms with E-state index in [1.807, 2.05) is 6.92 Å². The van der Waals surface area contributed by atoms with Crippen molar-refractivity contribution in [2.45, 2.75) is 17.6 Å². The van der Waals surface area contributed by atoms with Crippen molar-refractivity contribution in [2.24, 2.45) is 0 Å². The summed E-state index contributed by atoms with van der Waals surface area (Å²) in [7, 11) is -2.08. The van der Waals surface area contributed by atoms with Gasteiger partial charge in [-0.2, -0.15) is 4.31 Å². The molecule has 0 saturated carbocycles. The standard InChI is InChI=1S/C11H17NO5S2/c1-3-17-7-6-12(2)19(15,16)11-5-4-9(18-11)8-10(13)14/h4-5H,3,6-8H2,1-2H3,(H,13,14). The minimum absolute atomic E-state index is 0.155. The molecule has 6 nitrogen and oxygen atoms in total. The van der Waals surface area contributed by atoms with Crippen molar-refractivity contribution in [3.63, 3.8) is 0 Å². The van der Waals surface area contributed by atoms with Crippen LogP contribution in [0.4, 0.5) is 0 Å². The molecule has 19 heavy (non-hydrogen) atoms.